The minimum Gasteiger partial charge on any atom is -0.380 e. The number of rotatable bonds is 23. The molecule has 0 saturated heterocycles. The monoisotopic (exact) mass is 484 g/mol. The number of aldehydes is 2. The average molecular weight is 485 g/mol. The zero-order chi connectivity index (χ0) is 26.1. The second-order valence-electron chi connectivity index (χ2n) is 11.4. The number of unbranched alkanes of at least 4 members (excludes halogenated alkanes) is 10. The van der Waals surface area contributed by atoms with Crippen LogP contribution in [0.1, 0.15) is 138 Å². The molecule has 0 amide bonds. The number of hydrogen-bond acceptors (Lipinski definition) is 4. The molecule has 0 bridgehead atoms. The van der Waals surface area contributed by atoms with Crippen LogP contribution in [0.15, 0.2) is 0 Å². The SMILES string of the molecule is CCCCC(CC)COCC(C)(C)C=O.CCCCCCCCCCCCOCC(C)(C)C=O. The highest BCUT2D eigenvalue weighted by Crippen LogP contribution is 2.16. The highest BCUT2D eigenvalue weighted by molar-refractivity contribution is 5.58. The standard InChI is InChI=1S/C17H34O2.C13H26O2/c1-4-5-6-7-8-9-10-11-12-13-14-19-16-17(2,3)15-18;1-5-7-8-12(6-2)9-15-11-13(3,4)10-14/h15H,4-14,16H2,1-3H3;10,12H,5-9,11H2,1-4H3. The summed E-state index contributed by atoms with van der Waals surface area (Å²) in [5.41, 5.74) is -0.651. The minimum absolute atomic E-state index is 0.321. The molecule has 0 rings (SSSR count). The van der Waals surface area contributed by atoms with Crippen LogP contribution in [0.3, 0.4) is 0 Å². The Kier molecular flexibility index (Phi) is 25.0. The van der Waals surface area contributed by atoms with Crippen LogP contribution < -0.4 is 0 Å². The van der Waals surface area contributed by atoms with E-state index in [-0.39, 0.29) is 10.8 Å². The van der Waals surface area contributed by atoms with Gasteiger partial charge in [-0.1, -0.05) is 126 Å². The summed E-state index contributed by atoms with van der Waals surface area (Å²) in [5.74, 6) is 0.660. The first-order valence-corrected chi connectivity index (χ1v) is 14.3. The lowest BCUT2D eigenvalue weighted by atomic mass is 9.97. The molecule has 0 spiro atoms. The van der Waals surface area contributed by atoms with Gasteiger partial charge in [0, 0.05) is 24.0 Å². The molecule has 204 valence electrons. The number of carbonyl (C=O) groups excluding carboxylic acids is 2. The summed E-state index contributed by atoms with van der Waals surface area (Å²) < 4.78 is 11.1. The van der Waals surface area contributed by atoms with Crippen molar-refractivity contribution in [3.05, 3.63) is 0 Å². The van der Waals surface area contributed by atoms with E-state index >= 15 is 0 Å². The van der Waals surface area contributed by atoms with Gasteiger partial charge < -0.3 is 19.1 Å². The summed E-state index contributed by atoms with van der Waals surface area (Å²) in [6, 6.07) is 0. The third-order valence-corrected chi connectivity index (χ3v) is 6.13. The van der Waals surface area contributed by atoms with Crippen LogP contribution in [0.4, 0.5) is 0 Å². The van der Waals surface area contributed by atoms with E-state index < -0.39 is 0 Å². The van der Waals surface area contributed by atoms with E-state index in [2.05, 4.69) is 20.8 Å². The molecule has 0 aromatic carbocycles. The fraction of sp³-hybridized carbons (Fsp3) is 0.933. The number of ether oxygens (including phenoxy) is 2. The molecule has 34 heavy (non-hydrogen) atoms. The lowest BCUT2D eigenvalue weighted by Gasteiger charge is -2.20. The van der Waals surface area contributed by atoms with Crippen LogP contribution in [0.5, 0.6) is 0 Å². The Labute approximate surface area is 213 Å². The van der Waals surface area contributed by atoms with Gasteiger partial charge in [0.15, 0.2) is 0 Å². The highest BCUT2D eigenvalue weighted by Gasteiger charge is 2.17. The molecule has 0 heterocycles. The molecule has 0 N–H and O–H groups in total. The van der Waals surface area contributed by atoms with E-state index in [4.69, 9.17) is 9.47 Å². The summed E-state index contributed by atoms with van der Waals surface area (Å²) in [4.78, 5) is 21.3. The molecule has 0 aromatic heterocycles. The van der Waals surface area contributed by atoms with E-state index in [1.165, 1.54) is 83.5 Å². The maximum absolute atomic E-state index is 10.7. The quantitative estimate of drug-likeness (QED) is 0.108. The van der Waals surface area contributed by atoms with Crippen LogP contribution in [-0.4, -0.2) is 39.0 Å². The van der Waals surface area contributed by atoms with Crippen molar-refractivity contribution < 1.29 is 19.1 Å². The molecule has 0 aliphatic rings. The van der Waals surface area contributed by atoms with Gasteiger partial charge >= 0.3 is 0 Å². The molecule has 0 radical (unpaired) electrons. The zero-order valence-electron chi connectivity index (χ0n) is 24.1. The summed E-state index contributed by atoms with van der Waals surface area (Å²) in [6.45, 7) is 17.0. The van der Waals surface area contributed by atoms with Crippen LogP contribution in [0, 0.1) is 16.7 Å². The molecule has 0 fully saturated rings. The molecular formula is C30H60O4. The molecule has 0 aliphatic carbocycles. The molecule has 0 aliphatic heterocycles. The van der Waals surface area contributed by atoms with Crippen molar-refractivity contribution in [3.63, 3.8) is 0 Å². The van der Waals surface area contributed by atoms with Crippen molar-refractivity contribution in [2.24, 2.45) is 16.7 Å². The van der Waals surface area contributed by atoms with Crippen molar-refractivity contribution in [1.82, 2.24) is 0 Å². The Hall–Kier alpha value is -0.740. The molecule has 4 nitrogen and oxygen atoms in total. The highest BCUT2D eigenvalue weighted by atomic mass is 16.5. The maximum Gasteiger partial charge on any atom is 0.127 e. The van der Waals surface area contributed by atoms with Gasteiger partial charge in [0.2, 0.25) is 0 Å². The van der Waals surface area contributed by atoms with Gasteiger partial charge in [-0.2, -0.15) is 0 Å². The van der Waals surface area contributed by atoms with Crippen LogP contribution in [-0.2, 0) is 19.1 Å². The maximum atomic E-state index is 10.7. The third-order valence-electron chi connectivity index (χ3n) is 6.13. The molecular weight excluding hydrogens is 424 g/mol. The summed E-state index contributed by atoms with van der Waals surface area (Å²) in [5, 5.41) is 0. The zero-order valence-corrected chi connectivity index (χ0v) is 24.1. The normalized spacial score (nSPS) is 12.7. The smallest absolute Gasteiger partial charge is 0.127 e. The summed E-state index contributed by atoms with van der Waals surface area (Å²) >= 11 is 0. The van der Waals surface area contributed by atoms with Crippen molar-refractivity contribution in [2.45, 2.75) is 138 Å². The first kappa shape index (κ1) is 35.4. The molecule has 1 atom stereocenters. The third kappa shape index (κ3) is 25.9. The molecule has 0 aromatic rings. The van der Waals surface area contributed by atoms with Gasteiger partial charge in [0.1, 0.15) is 12.6 Å². The topological polar surface area (TPSA) is 52.6 Å². The lowest BCUT2D eigenvalue weighted by molar-refractivity contribution is -0.118. The van der Waals surface area contributed by atoms with Gasteiger partial charge in [-0.25, -0.2) is 0 Å². The Morgan fingerprint density at radius 1 is 0.618 bits per heavy atom. The van der Waals surface area contributed by atoms with E-state index in [9.17, 15) is 9.59 Å². The van der Waals surface area contributed by atoms with Crippen molar-refractivity contribution in [3.8, 4) is 0 Å². The van der Waals surface area contributed by atoms with E-state index in [0.29, 0.717) is 19.1 Å². The average Bonchev–Trinajstić information content (AvgIpc) is 2.82. The second kappa shape index (κ2) is 24.0. The lowest BCUT2D eigenvalue weighted by Crippen LogP contribution is -2.23. The predicted octanol–water partition coefficient (Wildman–Crippen LogP) is 8.59. The first-order chi connectivity index (χ1) is 16.2. The second-order valence-corrected chi connectivity index (χ2v) is 11.4. The Bertz CT molecular complexity index is 445. The summed E-state index contributed by atoms with van der Waals surface area (Å²) in [7, 11) is 0. The molecule has 4 heteroatoms. The van der Waals surface area contributed by atoms with Crippen LogP contribution in [0.2, 0.25) is 0 Å². The van der Waals surface area contributed by atoms with Crippen molar-refractivity contribution in [2.75, 3.05) is 26.4 Å². The molecule has 1 unspecified atom stereocenters. The van der Waals surface area contributed by atoms with Crippen LogP contribution >= 0.6 is 0 Å². The fourth-order valence-corrected chi connectivity index (χ4v) is 3.48. The fourth-order valence-electron chi connectivity index (χ4n) is 3.48. The van der Waals surface area contributed by atoms with Gasteiger partial charge in [0.25, 0.3) is 0 Å². The van der Waals surface area contributed by atoms with Gasteiger partial charge in [-0.3, -0.25) is 0 Å². The Morgan fingerprint density at radius 3 is 1.50 bits per heavy atom. The van der Waals surface area contributed by atoms with Gasteiger partial charge in [0.05, 0.1) is 13.2 Å². The summed E-state index contributed by atoms with van der Waals surface area (Å²) in [6.07, 6.45) is 20.3. The van der Waals surface area contributed by atoms with Gasteiger partial charge in [-0.15, -0.1) is 0 Å². The minimum atomic E-state index is -0.330. The van der Waals surface area contributed by atoms with Gasteiger partial charge in [-0.05, 0) is 18.8 Å². The largest absolute Gasteiger partial charge is 0.380 e. The predicted molar refractivity (Wildman–Crippen MR) is 146 cm³/mol. The first-order valence-electron chi connectivity index (χ1n) is 14.3. The van der Waals surface area contributed by atoms with Crippen molar-refractivity contribution >= 4 is 12.6 Å². The van der Waals surface area contributed by atoms with Crippen molar-refractivity contribution in [1.29, 1.82) is 0 Å². The number of hydrogen-bond donors (Lipinski definition) is 0. The van der Waals surface area contributed by atoms with E-state index in [1.54, 1.807) is 0 Å². The Balaban J connectivity index is 0. The van der Waals surface area contributed by atoms with Crippen LogP contribution in [0.25, 0.3) is 0 Å². The van der Waals surface area contributed by atoms with E-state index in [0.717, 1.165) is 32.2 Å². The van der Waals surface area contributed by atoms with E-state index in [1.807, 2.05) is 27.7 Å². The Morgan fingerprint density at radius 2 is 1.06 bits per heavy atom. The number of carbonyl (C=O) groups is 2. The molecule has 0 saturated carbocycles.